The molecule has 0 saturated carbocycles. The number of nitrogens with zero attached hydrogens (tertiary/aromatic N) is 3. The van der Waals surface area contributed by atoms with Crippen molar-refractivity contribution < 1.29 is 13.9 Å². The Hall–Kier alpha value is -2.77. The lowest BCUT2D eigenvalue weighted by molar-refractivity contribution is -0.124. The molecule has 1 fully saturated rings. The number of imidazole rings is 1. The van der Waals surface area contributed by atoms with E-state index in [-0.39, 0.29) is 11.7 Å². The van der Waals surface area contributed by atoms with Gasteiger partial charge in [-0.1, -0.05) is 31.5 Å². The summed E-state index contributed by atoms with van der Waals surface area (Å²) in [4.78, 5) is 20.7. The Morgan fingerprint density at radius 3 is 2.65 bits per heavy atom. The van der Waals surface area contributed by atoms with Gasteiger partial charge in [0, 0.05) is 32.6 Å². The lowest BCUT2D eigenvalue weighted by atomic mass is 10.1. The van der Waals surface area contributed by atoms with Crippen LogP contribution in [0, 0.1) is 19.7 Å². The van der Waals surface area contributed by atoms with E-state index >= 15 is 0 Å². The molecular weight excluding hydrogens is 431 g/mol. The second-order valence-corrected chi connectivity index (χ2v) is 9.14. The van der Waals surface area contributed by atoms with Crippen molar-refractivity contribution in [2.75, 3.05) is 39.4 Å². The number of carbonyl (C=O) groups is 1. The molecule has 0 bridgehead atoms. The molecule has 182 valence electrons. The van der Waals surface area contributed by atoms with Crippen LogP contribution in [0.5, 0.6) is 0 Å². The molecule has 1 unspecified atom stereocenters. The van der Waals surface area contributed by atoms with Gasteiger partial charge in [-0.2, -0.15) is 0 Å². The van der Waals surface area contributed by atoms with Gasteiger partial charge < -0.3 is 14.6 Å². The number of halogens is 1. The number of aromatic nitrogens is 2. The van der Waals surface area contributed by atoms with Gasteiger partial charge in [0.1, 0.15) is 17.7 Å². The summed E-state index contributed by atoms with van der Waals surface area (Å²) in [5.74, 6) is 0.449. The van der Waals surface area contributed by atoms with E-state index in [1.54, 1.807) is 12.1 Å². The number of nitrogens with one attached hydrogen (secondary N) is 1. The van der Waals surface area contributed by atoms with Crippen molar-refractivity contribution in [3.63, 3.8) is 0 Å². The highest BCUT2D eigenvalue weighted by Crippen LogP contribution is 2.28. The molecular formula is C27H35FN4O2. The van der Waals surface area contributed by atoms with Crippen LogP contribution in [0.15, 0.2) is 36.4 Å². The standard InChI is InChI=1S/C27H35FN4O2/c1-4-7-24(27(33)29-10-11-31-12-14-34-15-13-31)32-25-17-20(3)19(2)16-23(25)30-26(32)18-21-8-5-6-9-22(21)28/h5-6,8-9,16-17,24H,4,7,10-15,18H2,1-3H3,(H,29,33). The fraction of sp³-hybridized carbons (Fsp3) is 0.481. The van der Waals surface area contributed by atoms with Gasteiger partial charge in [-0.25, -0.2) is 9.37 Å². The number of aryl methyl sites for hydroxylation is 2. The topological polar surface area (TPSA) is 59.4 Å². The minimum atomic E-state index is -0.399. The fourth-order valence-electron chi connectivity index (χ4n) is 4.62. The molecule has 2 aromatic carbocycles. The molecule has 1 amide bonds. The van der Waals surface area contributed by atoms with Crippen LogP contribution < -0.4 is 5.32 Å². The highest BCUT2D eigenvalue weighted by molar-refractivity contribution is 5.85. The molecule has 0 spiro atoms. The fourth-order valence-corrected chi connectivity index (χ4v) is 4.62. The van der Waals surface area contributed by atoms with Gasteiger partial charge in [0.25, 0.3) is 0 Å². The Kier molecular flexibility index (Phi) is 7.95. The third-order valence-electron chi connectivity index (χ3n) is 6.69. The molecule has 34 heavy (non-hydrogen) atoms. The van der Waals surface area contributed by atoms with Crippen molar-refractivity contribution in [3.8, 4) is 0 Å². The first-order valence-electron chi connectivity index (χ1n) is 12.3. The van der Waals surface area contributed by atoms with Crippen LogP contribution in [0.2, 0.25) is 0 Å². The van der Waals surface area contributed by atoms with Gasteiger partial charge in [-0.05, 0) is 55.2 Å². The molecule has 7 heteroatoms. The lowest BCUT2D eigenvalue weighted by Gasteiger charge is -2.27. The van der Waals surface area contributed by atoms with Crippen molar-refractivity contribution in [2.24, 2.45) is 0 Å². The monoisotopic (exact) mass is 466 g/mol. The molecule has 1 aromatic heterocycles. The Bertz CT molecular complexity index is 1140. The number of morpholine rings is 1. The van der Waals surface area contributed by atoms with E-state index in [0.717, 1.165) is 61.4 Å². The van der Waals surface area contributed by atoms with Crippen LogP contribution in [0.3, 0.4) is 0 Å². The number of carbonyl (C=O) groups excluding carboxylic acids is 1. The Morgan fingerprint density at radius 2 is 1.91 bits per heavy atom. The van der Waals surface area contributed by atoms with Gasteiger partial charge in [-0.3, -0.25) is 9.69 Å². The maximum Gasteiger partial charge on any atom is 0.243 e. The van der Waals surface area contributed by atoms with Crippen LogP contribution in [-0.2, 0) is 16.0 Å². The van der Waals surface area contributed by atoms with Crippen LogP contribution in [0.4, 0.5) is 4.39 Å². The van der Waals surface area contributed by atoms with E-state index in [0.29, 0.717) is 30.8 Å². The van der Waals surface area contributed by atoms with Crippen LogP contribution in [0.1, 0.15) is 48.3 Å². The van der Waals surface area contributed by atoms with Gasteiger partial charge in [0.2, 0.25) is 5.91 Å². The van der Waals surface area contributed by atoms with Crippen molar-refractivity contribution >= 4 is 16.9 Å². The summed E-state index contributed by atoms with van der Waals surface area (Å²) in [6.07, 6.45) is 1.87. The number of ether oxygens (including phenoxy) is 1. The largest absolute Gasteiger partial charge is 0.379 e. The quantitative estimate of drug-likeness (QED) is 0.514. The minimum Gasteiger partial charge on any atom is -0.379 e. The highest BCUT2D eigenvalue weighted by atomic mass is 19.1. The molecule has 6 nitrogen and oxygen atoms in total. The van der Waals surface area contributed by atoms with Crippen molar-refractivity contribution in [1.82, 2.24) is 19.8 Å². The van der Waals surface area contributed by atoms with Crippen LogP contribution in [-0.4, -0.2) is 59.8 Å². The molecule has 1 aliphatic heterocycles. The first-order valence-corrected chi connectivity index (χ1v) is 12.3. The SMILES string of the molecule is CCCC(C(=O)NCCN1CCOCC1)n1c(Cc2ccccc2F)nc2cc(C)c(C)cc21. The maximum atomic E-state index is 14.5. The molecule has 1 N–H and O–H groups in total. The number of benzene rings is 2. The first-order chi connectivity index (χ1) is 16.5. The zero-order chi connectivity index (χ0) is 24.1. The van der Waals surface area contributed by atoms with E-state index in [1.165, 1.54) is 6.07 Å². The summed E-state index contributed by atoms with van der Waals surface area (Å²) in [6.45, 7) is 10.9. The molecule has 4 rings (SSSR count). The van der Waals surface area contributed by atoms with E-state index < -0.39 is 6.04 Å². The Balaban J connectivity index is 1.65. The van der Waals surface area contributed by atoms with Crippen molar-refractivity contribution in [3.05, 3.63) is 64.7 Å². The first kappa shape index (κ1) is 24.4. The van der Waals surface area contributed by atoms with E-state index in [9.17, 15) is 9.18 Å². The van der Waals surface area contributed by atoms with E-state index in [4.69, 9.17) is 9.72 Å². The number of hydrogen-bond donors (Lipinski definition) is 1. The number of fused-ring (bicyclic) bond motifs is 1. The normalized spacial score (nSPS) is 15.5. The van der Waals surface area contributed by atoms with Gasteiger partial charge in [0.15, 0.2) is 0 Å². The molecule has 2 heterocycles. The summed E-state index contributed by atoms with van der Waals surface area (Å²) in [5, 5.41) is 3.15. The van der Waals surface area contributed by atoms with Gasteiger partial charge in [-0.15, -0.1) is 0 Å². The summed E-state index contributed by atoms with van der Waals surface area (Å²) in [6, 6.07) is 10.5. The predicted octanol–water partition coefficient (Wildman–Crippen LogP) is 4.17. The minimum absolute atomic E-state index is 0.0116. The average molecular weight is 467 g/mol. The van der Waals surface area contributed by atoms with Gasteiger partial charge >= 0.3 is 0 Å². The molecule has 0 radical (unpaired) electrons. The van der Waals surface area contributed by atoms with E-state index in [1.807, 2.05) is 10.6 Å². The molecule has 1 atom stereocenters. The van der Waals surface area contributed by atoms with Crippen LogP contribution in [0.25, 0.3) is 11.0 Å². The number of hydrogen-bond acceptors (Lipinski definition) is 4. The second-order valence-electron chi connectivity index (χ2n) is 9.14. The highest BCUT2D eigenvalue weighted by Gasteiger charge is 2.26. The Labute approximate surface area is 201 Å². The maximum absolute atomic E-state index is 14.5. The molecule has 0 aliphatic carbocycles. The Morgan fingerprint density at radius 1 is 1.18 bits per heavy atom. The molecule has 1 aliphatic rings. The third-order valence-corrected chi connectivity index (χ3v) is 6.69. The average Bonchev–Trinajstić information content (AvgIpc) is 3.16. The third kappa shape index (κ3) is 5.47. The smallest absolute Gasteiger partial charge is 0.243 e. The zero-order valence-corrected chi connectivity index (χ0v) is 20.4. The lowest BCUT2D eigenvalue weighted by Crippen LogP contribution is -2.42. The number of rotatable bonds is 9. The van der Waals surface area contributed by atoms with Crippen LogP contribution >= 0.6 is 0 Å². The second kappa shape index (κ2) is 11.1. The zero-order valence-electron chi connectivity index (χ0n) is 20.4. The van der Waals surface area contributed by atoms with Crippen molar-refractivity contribution in [1.29, 1.82) is 0 Å². The predicted molar refractivity (Wildman–Crippen MR) is 133 cm³/mol. The summed E-state index contributed by atoms with van der Waals surface area (Å²) in [7, 11) is 0. The van der Waals surface area contributed by atoms with Crippen molar-refractivity contribution in [2.45, 2.75) is 46.1 Å². The molecule has 1 saturated heterocycles. The summed E-state index contributed by atoms with van der Waals surface area (Å²) in [5.41, 5.74) is 4.65. The van der Waals surface area contributed by atoms with E-state index in [2.05, 4.69) is 43.1 Å². The summed E-state index contributed by atoms with van der Waals surface area (Å²) >= 11 is 0. The molecule has 3 aromatic rings. The van der Waals surface area contributed by atoms with Gasteiger partial charge in [0.05, 0.1) is 24.2 Å². The summed E-state index contributed by atoms with van der Waals surface area (Å²) < 4.78 is 22.0. The number of amides is 1.